The van der Waals surface area contributed by atoms with Gasteiger partial charge >= 0.3 is 5.97 Å². The number of carbonyl (C=O) groups is 2. The molecule has 5 nitrogen and oxygen atoms in total. The molecule has 1 rings (SSSR count). The van der Waals surface area contributed by atoms with Crippen molar-refractivity contribution in [2.75, 3.05) is 19.8 Å². The monoisotopic (exact) mass is 189 g/mol. The second kappa shape index (κ2) is 3.42. The summed E-state index contributed by atoms with van der Waals surface area (Å²) >= 11 is 0. The third-order valence-electron chi connectivity index (χ3n) is 1.74. The van der Waals surface area contributed by atoms with E-state index in [0.29, 0.717) is 0 Å². The highest BCUT2D eigenvalue weighted by Crippen LogP contribution is 2.16. The molecular weight excluding hydrogens is 181 g/mol. The normalized spacial score (nSPS) is 17.0. The van der Waals surface area contributed by atoms with Gasteiger partial charge in [0.15, 0.2) is 5.76 Å². The van der Waals surface area contributed by atoms with Crippen LogP contribution in [0.4, 0.5) is 4.39 Å². The number of rotatable bonds is 3. The summed E-state index contributed by atoms with van der Waals surface area (Å²) in [6.07, 6.45) is 0. The van der Waals surface area contributed by atoms with Gasteiger partial charge in [-0.05, 0) is 0 Å². The van der Waals surface area contributed by atoms with Crippen LogP contribution in [-0.2, 0) is 9.59 Å². The van der Waals surface area contributed by atoms with Gasteiger partial charge in [0.2, 0.25) is 0 Å². The predicted molar refractivity (Wildman–Crippen MR) is 39.8 cm³/mol. The van der Waals surface area contributed by atoms with E-state index < -0.39 is 24.3 Å². The van der Waals surface area contributed by atoms with Crippen LogP contribution >= 0.6 is 0 Å². The number of aliphatic carboxylic acids is 1. The zero-order chi connectivity index (χ0) is 10.0. The summed E-state index contributed by atoms with van der Waals surface area (Å²) < 4.78 is 11.8. The van der Waals surface area contributed by atoms with Gasteiger partial charge < -0.3 is 15.1 Å². The van der Waals surface area contributed by atoms with Gasteiger partial charge in [-0.2, -0.15) is 0 Å². The lowest BCUT2D eigenvalue weighted by molar-refractivity contribution is -0.133. The smallest absolute Gasteiger partial charge is 0.337 e. The molecule has 6 heteroatoms. The number of carboxylic acid groups (broad SMARTS) is 1. The Balaban J connectivity index is 2.80. The average molecular weight is 189 g/mol. The van der Waals surface area contributed by atoms with Gasteiger partial charge in [0.25, 0.3) is 5.91 Å². The molecule has 72 valence electrons. The van der Waals surface area contributed by atoms with Crippen LogP contribution in [0.15, 0.2) is 11.3 Å². The number of carbonyl (C=O) groups excluding carboxylic acids is 1. The van der Waals surface area contributed by atoms with Gasteiger partial charge in [-0.15, -0.1) is 0 Å². The summed E-state index contributed by atoms with van der Waals surface area (Å²) in [5, 5.41) is 17.5. The van der Waals surface area contributed by atoms with Gasteiger partial charge in [0.05, 0.1) is 6.54 Å². The van der Waals surface area contributed by atoms with Crippen LogP contribution in [0.25, 0.3) is 0 Å². The van der Waals surface area contributed by atoms with E-state index in [1.165, 1.54) is 0 Å². The Bertz CT molecular complexity index is 286. The summed E-state index contributed by atoms with van der Waals surface area (Å²) in [6.45, 7) is -1.19. The second-order valence-corrected chi connectivity index (χ2v) is 2.55. The Morgan fingerprint density at radius 1 is 1.62 bits per heavy atom. The first kappa shape index (κ1) is 9.50. The maximum Gasteiger partial charge on any atom is 0.337 e. The molecule has 2 N–H and O–H groups in total. The molecule has 1 aliphatic rings. The van der Waals surface area contributed by atoms with Crippen molar-refractivity contribution in [1.29, 1.82) is 0 Å². The lowest BCUT2D eigenvalue weighted by Crippen LogP contribution is -2.29. The maximum atomic E-state index is 11.8. The molecule has 1 heterocycles. The molecule has 0 aromatic heterocycles. The van der Waals surface area contributed by atoms with Crippen LogP contribution in [0.3, 0.4) is 0 Å². The predicted octanol–water partition coefficient (Wildman–Crippen LogP) is -0.305. The van der Waals surface area contributed by atoms with Crippen LogP contribution in [0.1, 0.15) is 0 Å². The Hall–Kier alpha value is -1.59. The van der Waals surface area contributed by atoms with Crippen molar-refractivity contribution in [3.8, 4) is 0 Å². The zero-order valence-electron chi connectivity index (χ0n) is 6.66. The molecule has 0 aromatic carbocycles. The molecule has 0 aliphatic carbocycles. The van der Waals surface area contributed by atoms with Gasteiger partial charge in [0.1, 0.15) is 12.2 Å². The minimum absolute atomic E-state index is 0.195. The first-order valence-electron chi connectivity index (χ1n) is 3.58. The average Bonchev–Trinajstić information content (AvgIpc) is 2.33. The van der Waals surface area contributed by atoms with Crippen molar-refractivity contribution < 1.29 is 24.2 Å². The fourth-order valence-electron chi connectivity index (χ4n) is 1.07. The first-order valence-corrected chi connectivity index (χ1v) is 3.58. The zero-order valence-corrected chi connectivity index (χ0v) is 6.66. The highest BCUT2D eigenvalue weighted by atomic mass is 19.1. The van der Waals surface area contributed by atoms with Crippen molar-refractivity contribution in [2.24, 2.45) is 0 Å². The summed E-state index contributed by atoms with van der Waals surface area (Å²) in [7, 11) is 0. The third-order valence-corrected chi connectivity index (χ3v) is 1.74. The van der Waals surface area contributed by atoms with Gasteiger partial charge in [-0.3, -0.25) is 4.79 Å². The highest BCUT2D eigenvalue weighted by molar-refractivity contribution is 6.04. The van der Waals surface area contributed by atoms with E-state index in [1.807, 2.05) is 0 Å². The van der Waals surface area contributed by atoms with Crippen molar-refractivity contribution in [1.82, 2.24) is 4.90 Å². The molecule has 0 aromatic rings. The Kier molecular flexibility index (Phi) is 2.50. The van der Waals surface area contributed by atoms with E-state index in [1.54, 1.807) is 0 Å². The number of aliphatic hydroxyl groups excluding tert-OH is 1. The van der Waals surface area contributed by atoms with E-state index in [2.05, 4.69) is 0 Å². The fraction of sp³-hybridized carbons (Fsp3) is 0.429. The van der Waals surface area contributed by atoms with E-state index in [0.717, 1.165) is 4.90 Å². The number of amides is 1. The standard InChI is InChI=1S/C7H8FNO4/c8-1-2-9-3-4(7(12)13)5(10)6(9)11/h10H,1-3H2,(H,12,13). The molecule has 0 bridgehead atoms. The number of hydrogen-bond acceptors (Lipinski definition) is 3. The molecule has 0 fully saturated rings. The van der Waals surface area contributed by atoms with E-state index in [4.69, 9.17) is 10.2 Å². The minimum Gasteiger partial charge on any atom is -0.503 e. The molecule has 0 radical (unpaired) electrons. The van der Waals surface area contributed by atoms with E-state index in [9.17, 15) is 14.0 Å². The summed E-state index contributed by atoms with van der Waals surface area (Å²) in [4.78, 5) is 22.4. The highest BCUT2D eigenvalue weighted by Gasteiger charge is 2.33. The SMILES string of the molecule is O=C(O)C1=C(O)C(=O)N(CCF)C1. The van der Waals surface area contributed by atoms with Crippen LogP contribution < -0.4 is 0 Å². The number of halogens is 1. The van der Waals surface area contributed by atoms with Crippen molar-refractivity contribution >= 4 is 11.9 Å². The van der Waals surface area contributed by atoms with Crippen LogP contribution in [0, 0.1) is 0 Å². The van der Waals surface area contributed by atoms with Crippen LogP contribution in [0.2, 0.25) is 0 Å². The molecular formula is C7H8FNO4. The molecule has 0 atom stereocenters. The fourth-order valence-corrected chi connectivity index (χ4v) is 1.07. The topological polar surface area (TPSA) is 77.8 Å². The molecule has 0 spiro atoms. The molecule has 0 saturated carbocycles. The van der Waals surface area contributed by atoms with Crippen molar-refractivity contribution in [2.45, 2.75) is 0 Å². The number of carboxylic acids is 1. The number of aliphatic hydroxyl groups is 1. The number of hydrogen-bond donors (Lipinski definition) is 2. The lowest BCUT2D eigenvalue weighted by Gasteiger charge is -2.12. The summed E-state index contributed by atoms with van der Waals surface area (Å²) in [5.41, 5.74) is -0.376. The third kappa shape index (κ3) is 1.61. The molecule has 0 unspecified atom stereocenters. The quantitative estimate of drug-likeness (QED) is 0.638. The van der Waals surface area contributed by atoms with Crippen molar-refractivity contribution in [3.05, 3.63) is 11.3 Å². The Morgan fingerprint density at radius 3 is 2.62 bits per heavy atom. The second-order valence-electron chi connectivity index (χ2n) is 2.55. The largest absolute Gasteiger partial charge is 0.503 e. The van der Waals surface area contributed by atoms with Crippen LogP contribution in [-0.4, -0.2) is 46.8 Å². The molecule has 1 aliphatic heterocycles. The molecule has 0 saturated heterocycles. The first-order chi connectivity index (χ1) is 6.07. The van der Waals surface area contributed by atoms with E-state index >= 15 is 0 Å². The minimum atomic E-state index is -1.35. The van der Waals surface area contributed by atoms with Gasteiger partial charge in [0, 0.05) is 6.54 Å². The number of nitrogens with zero attached hydrogens (tertiary/aromatic N) is 1. The maximum absolute atomic E-state index is 11.8. The lowest BCUT2D eigenvalue weighted by atomic mass is 10.3. The van der Waals surface area contributed by atoms with Gasteiger partial charge in [-0.1, -0.05) is 0 Å². The number of alkyl halides is 1. The summed E-state index contributed by atoms with van der Waals surface area (Å²) in [6, 6.07) is 0. The summed E-state index contributed by atoms with van der Waals surface area (Å²) in [5.74, 6) is -2.97. The van der Waals surface area contributed by atoms with Crippen LogP contribution in [0.5, 0.6) is 0 Å². The Morgan fingerprint density at radius 2 is 2.23 bits per heavy atom. The molecule has 13 heavy (non-hydrogen) atoms. The molecule has 1 amide bonds. The van der Waals surface area contributed by atoms with Gasteiger partial charge in [-0.25, -0.2) is 9.18 Å². The van der Waals surface area contributed by atoms with Crippen molar-refractivity contribution in [3.63, 3.8) is 0 Å². The van der Waals surface area contributed by atoms with E-state index in [-0.39, 0.29) is 18.7 Å². The Labute approximate surface area is 73.1 Å².